The molecule has 0 spiro atoms. The van der Waals surface area contributed by atoms with Gasteiger partial charge in [0.1, 0.15) is 5.69 Å². The standard InChI is InChI=1S/C15H11N5O/c16-14(21)13-6-10(11-7-18-20-15(11)19-13)9-2-1-8-3-4-17-12(8)5-9/h1-7,17H,(H2,16,21)(H,18,19,20). The van der Waals surface area contributed by atoms with E-state index in [0.717, 1.165) is 27.4 Å². The average Bonchev–Trinajstić information content (AvgIpc) is 3.13. The van der Waals surface area contributed by atoms with Gasteiger partial charge in [0.25, 0.3) is 5.91 Å². The molecule has 4 aromatic rings. The van der Waals surface area contributed by atoms with E-state index in [2.05, 4.69) is 20.2 Å². The van der Waals surface area contributed by atoms with Gasteiger partial charge in [-0.2, -0.15) is 5.10 Å². The summed E-state index contributed by atoms with van der Waals surface area (Å²) >= 11 is 0. The highest BCUT2D eigenvalue weighted by molar-refractivity contribution is 6.00. The van der Waals surface area contributed by atoms with Crippen LogP contribution in [-0.2, 0) is 0 Å². The van der Waals surface area contributed by atoms with Crippen LogP contribution in [0.2, 0.25) is 0 Å². The second-order valence-electron chi connectivity index (χ2n) is 4.83. The van der Waals surface area contributed by atoms with Crippen LogP contribution in [0.3, 0.4) is 0 Å². The molecule has 0 saturated carbocycles. The first-order chi connectivity index (χ1) is 10.2. The predicted octanol–water partition coefficient (Wildman–Crippen LogP) is 2.21. The number of carbonyl (C=O) groups is 1. The molecule has 1 aromatic carbocycles. The fourth-order valence-electron chi connectivity index (χ4n) is 2.51. The number of carbonyl (C=O) groups excluding carboxylic acids is 1. The molecule has 102 valence electrons. The summed E-state index contributed by atoms with van der Waals surface area (Å²) in [5, 5.41) is 8.76. The highest BCUT2D eigenvalue weighted by Gasteiger charge is 2.13. The van der Waals surface area contributed by atoms with E-state index in [1.54, 1.807) is 12.3 Å². The molecule has 0 aliphatic rings. The molecule has 0 fully saturated rings. The zero-order valence-corrected chi connectivity index (χ0v) is 10.9. The van der Waals surface area contributed by atoms with Crippen LogP contribution in [-0.4, -0.2) is 26.1 Å². The lowest BCUT2D eigenvalue weighted by Gasteiger charge is -2.05. The normalized spacial score (nSPS) is 11.2. The molecular weight excluding hydrogens is 266 g/mol. The fourth-order valence-corrected chi connectivity index (χ4v) is 2.51. The largest absolute Gasteiger partial charge is 0.364 e. The number of aromatic nitrogens is 4. The quantitative estimate of drug-likeness (QED) is 0.523. The topological polar surface area (TPSA) is 100 Å². The first-order valence-electron chi connectivity index (χ1n) is 6.44. The number of nitrogens with zero attached hydrogens (tertiary/aromatic N) is 2. The van der Waals surface area contributed by atoms with Crippen molar-refractivity contribution in [2.75, 3.05) is 0 Å². The van der Waals surface area contributed by atoms with Crippen molar-refractivity contribution in [3.63, 3.8) is 0 Å². The molecule has 0 radical (unpaired) electrons. The van der Waals surface area contributed by atoms with E-state index in [0.29, 0.717) is 5.65 Å². The fraction of sp³-hybridized carbons (Fsp3) is 0. The number of primary amides is 1. The molecule has 4 rings (SSSR count). The van der Waals surface area contributed by atoms with Crippen molar-refractivity contribution in [2.45, 2.75) is 0 Å². The number of rotatable bonds is 2. The first-order valence-corrected chi connectivity index (χ1v) is 6.44. The SMILES string of the molecule is NC(=O)c1cc(-c2ccc3cc[nH]c3c2)c2cn[nH]c2n1. The van der Waals surface area contributed by atoms with Gasteiger partial charge in [-0.05, 0) is 34.7 Å². The van der Waals surface area contributed by atoms with Crippen LogP contribution in [0.4, 0.5) is 0 Å². The van der Waals surface area contributed by atoms with Gasteiger partial charge in [0, 0.05) is 17.1 Å². The van der Waals surface area contributed by atoms with E-state index >= 15 is 0 Å². The van der Waals surface area contributed by atoms with Crippen molar-refractivity contribution in [1.29, 1.82) is 0 Å². The molecule has 0 atom stereocenters. The summed E-state index contributed by atoms with van der Waals surface area (Å²) in [4.78, 5) is 18.8. The van der Waals surface area contributed by atoms with Crippen LogP contribution in [0.15, 0.2) is 42.7 Å². The van der Waals surface area contributed by atoms with Gasteiger partial charge in [-0.1, -0.05) is 12.1 Å². The number of amides is 1. The monoisotopic (exact) mass is 277 g/mol. The molecule has 0 saturated heterocycles. The lowest BCUT2D eigenvalue weighted by atomic mass is 10.0. The van der Waals surface area contributed by atoms with Gasteiger partial charge in [0.2, 0.25) is 0 Å². The molecule has 4 N–H and O–H groups in total. The molecule has 0 aliphatic carbocycles. The zero-order chi connectivity index (χ0) is 14.4. The van der Waals surface area contributed by atoms with Gasteiger partial charge in [0.15, 0.2) is 5.65 Å². The average molecular weight is 277 g/mol. The Morgan fingerprint density at radius 1 is 1.19 bits per heavy atom. The molecule has 6 heteroatoms. The Hall–Kier alpha value is -3.15. The summed E-state index contributed by atoms with van der Waals surface area (Å²) in [5.41, 5.74) is 8.99. The van der Waals surface area contributed by atoms with Crippen LogP contribution in [0.5, 0.6) is 0 Å². The smallest absolute Gasteiger partial charge is 0.267 e. The number of hydrogen-bond donors (Lipinski definition) is 3. The molecule has 3 heterocycles. The molecule has 3 aromatic heterocycles. The van der Waals surface area contributed by atoms with Crippen LogP contribution in [0.25, 0.3) is 33.1 Å². The minimum atomic E-state index is -0.561. The highest BCUT2D eigenvalue weighted by atomic mass is 16.1. The van der Waals surface area contributed by atoms with Gasteiger partial charge < -0.3 is 10.7 Å². The Labute approximate surface area is 119 Å². The second kappa shape index (κ2) is 4.17. The summed E-state index contributed by atoms with van der Waals surface area (Å²) < 4.78 is 0. The minimum Gasteiger partial charge on any atom is -0.364 e. The maximum Gasteiger partial charge on any atom is 0.267 e. The zero-order valence-electron chi connectivity index (χ0n) is 10.9. The van der Waals surface area contributed by atoms with Crippen molar-refractivity contribution in [2.24, 2.45) is 5.73 Å². The van der Waals surface area contributed by atoms with Gasteiger partial charge in [-0.3, -0.25) is 9.89 Å². The van der Waals surface area contributed by atoms with Crippen molar-refractivity contribution in [3.05, 3.63) is 48.4 Å². The van der Waals surface area contributed by atoms with Crippen molar-refractivity contribution in [1.82, 2.24) is 20.2 Å². The third-order valence-electron chi connectivity index (χ3n) is 3.54. The Kier molecular flexibility index (Phi) is 2.32. The maximum atomic E-state index is 11.4. The van der Waals surface area contributed by atoms with E-state index in [1.807, 2.05) is 30.5 Å². The summed E-state index contributed by atoms with van der Waals surface area (Å²) in [7, 11) is 0. The van der Waals surface area contributed by atoms with Gasteiger partial charge >= 0.3 is 0 Å². The number of nitrogens with two attached hydrogens (primary N) is 1. The van der Waals surface area contributed by atoms with Crippen LogP contribution >= 0.6 is 0 Å². The van der Waals surface area contributed by atoms with Gasteiger partial charge in [0.05, 0.1) is 6.20 Å². The number of nitrogens with one attached hydrogen (secondary N) is 2. The molecule has 0 unspecified atom stereocenters. The molecule has 0 bridgehead atoms. The number of benzene rings is 1. The molecule has 6 nitrogen and oxygen atoms in total. The number of hydrogen-bond acceptors (Lipinski definition) is 3. The Morgan fingerprint density at radius 2 is 2.10 bits per heavy atom. The molecule has 1 amide bonds. The van der Waals surface area contributed by atoms with Crippen molar-refractivity contribution >= 4 is 27.8 Å². The first kappa shape index (κ1) is 11.7. The highest BCUT2D eigenvalue weighted by Crippen LogP contribution is 2.29. The van der Waals surface area contributed by atoms with E-state index in [-0.39, 0.29) is 5.69 Å². The summed E-state index contributed by atoms with van der Waals surface area (Å²) in [6.07, 6.45) is 3.59. The minimum absolute atomic E-state index is 0.216. The second-order valence-corrected chi connectivity index (χ2v) is 4.83. The number of pyridine rings is 1. The number of fused-ring (bicyclic) bond motifs is 2. The number of H-pyrrole nitrogens is 2. The molecular formula is C15H11N5O. The summed E-state index contributed by atoms with van der Waals surface area (Å²) in [5.74, 6) is -0.561. The molecule has 21 heavy (non-hydrogen) atoms. The summed E-state index contributed by atoms with van der Waals surface area (Å²) in [6.45, 7) is 0. The van der Waals surface area contributed by atoms with E-state index < -0.39 is 5.91 Å². The van der Waals surface area contributed by atoms with Gasteiger partial charge in [-0.15, -0.1) is 0 Å². The third-order valence-corrected chi connectivity index (χ3v) is 3.54. The number of aromatic amines is 2. The third kappa shape index (κ3) is 1.77. The maximum absolute atomic E-state index is 11.4. The van der Waals surface area contributed by atoms with Gasteiger partial charge in [-0.25, -0.2) is 4.98 Å². The van der Waals surface area contributed by atoms with E-state index in [1.165, 1.54) is 0 Å². The Balaban J connectivity index is 2.03. The van der Waals surface area contributed by atoms with Crippen molar-refractivity contribution in [3.8, 4) is 11.1 Å². The van der Waals surface area contributed by atoms with E-state index in [9.17, 15) is 4.79 Å². The predicted molar refractivity (Wildman–Crippen MR) is 79.7 cm³/mol. The summed E-state index contributed by atoms with van der Waals surface area (Å²) in [6, 6.07) is 9.76. The lowest BCUT2D eigenvalue weighted by Crippen LogP contribution is -2.13. The Bertz CT molecular complexity index is 982. The van der Waals surface area contributed by atoms with Crippen LogP contribution in [0, 0.1) is 0 Å². The van der Waals surface area contributed by atoms with Crippen molar-refractivity contribution < 1.29 is 4.79 Å². The van der Waals surface area contributed by atoms with E-state index in [4.69, 9.17) is 5.73 Å². The Morgan fingerprint density at radius 3 is 2.95 bits per heavy atom. The van der Waals surface area contributed by atoms with Crippen LogP contribution < -0.4 is 5.73 Å². The van der Waals surface area contributed by atoms with Crippen LogP contribution in [0.1, 0.15) is 10.5 Å². The lowest BCUT2D eigenvalue weighted by molar-refractivity contribution is 0.0996. The molecule has 0 aliphatic heterocycles.